The highest BCUT2D eigenvalue weighted by atomic mass is 15.0. The summed E-state index contributed by atoms with van der Waals surface area (Å²) < 4.78 is 2.13. The average Bonchev–Trinajstić information content (AvgIpc) is 3.34. The normalized spacial score (nSPS) is 10.9. The van der Waals surface area contributed by atoms with E-state index in [-0.39, 0.29) is 0 Å². The summed E-state index contributed by atoms with van der Waals surface area (Å²) in [5.41, 5.74) is 9.96. The molecule has 0 radical (unpaired) electrons. The fourth-order valence-corrected chi connectivity index (χ4v) is 4.45. The van der Waals surface area contributed by atoms with Gasteiger partial charge in [-0.25, -0.2) is 4.98 Å². The first-order valence-electron chi connectivity index (χ1n) is 11.4. The van der Waals surface area contributed by atoms with Crippen molar-refractivity contribution in [1.29, 1.82) is 0 Å². The predicted octanol–water partition coefficient (Wildman–Crippen LogP) is 8.10. The molecule has 34 heavy (non-hydrogen) atoms. The SMILES string of the molecule is c1ccc(-c2cccc(-c3ccccc3)c2Nc2cccc(-n3cnc4ccccc43)c2)cc1. The van der Waals surface area contributed by atoms with Crippen LogP contribution in [0.4, 0.5) is 11.4 Å². The molecule has 0 saturated heterocycles. The number of para-hydroxylation sites is 3. The van der Waals surface area contributed by atoms with Crippen molar-refractivity contribution in [3.05, 3.63) is 134 Å². The van der Waals surface area contributed by atoms with Gasteiger partial charge in [-0.2, -0.15) is 0 Å². The van der Waals surface area contributed by atoms with Crippen molar-refractivity contribution in [3.8, 4) is 27.9 Å². The largest absolute Gasteiger partial charge is 0.354 e. The van der Waals surface area contributed by atoms with Crippen LogP contribution >= 0.6 is 0 Å². The minimum Gasteiger partial charge on any atom is -0.354 e. The Bertz CT molecular complexity index is 1510. The van der Waals surface area contributed by atoms with Gasteiger partial charge in [0.2, 0.25) is 0 Å². The highest BCUT2D eigenvalue weighted by Crippen LogP contribution is 2.39. The molecular weight excluding hydrogens is 414 g/mol. The summed E-state index contributed by atoms with van der Waals surface area (Å²) in [7, 11) is 0. The van der Waals surface area contributed by atoms with Crippen LogP contribution in [0, 0.1) is 0 Å². The first-order chi connectivity index (χ1) is 16.9. The van der Waals surface area contributed by atoms with Crippen molar-refractivity contribution in [2.75, 3.05) is 5.32 Å². The average molecular weight is 438 g/mol. The number of hydrogen-bond acceptors (Lipinski definition) is 2. The van der Waals surface area contributed by atoms with Gasteiger partial charge in [0.25, 0.3) is 0 Å². The monoisotopic (exact) mass is 437 g/mol. The fourth-order valence-electron chi connectivity index (χ4n) is 4.45. The highest BCUT2D eigenvalue weighted by Gasteiger charge is 2.13. The lowest BCUT2D eigenvalue weighted by molar-refractivity contribution is 1.09. The van der Waals surface area contributed by atoms with Crippen LogP contribution in [0.25, 0.3) is 39.0 Å². The van der Waals surface area contributed by atoms with E-state index < -0.39 is 0 Å². The Labute approximate surface area is 199 Å². The molecular formula is C31H23N3. The molecule has 6 rings (SSSR count). The molecule has 0 bridgehead atoms. The molecule has 0 spiro atoms. The maximum atomic E-state index is 4.56. The van der Waals surface area contributed by atoms with E-state index >= 15 is 0 Å². The summed E-state index contributed by atoms with van der Waals surface area (Å²) in [4.78, 5) is 4.56. The molecule has 1 aromatic heterocycles. The summed E-state index contributed by atoms with van der Waals surface area (Å²) in [6, 6.07) is 44.2. The van der Waals surface area contributed by atoms with E-state index in [1.54, 1.807) is 0 Å². The van der Waals surface area contributed by atoms with E-state index in [2.05, 4.69) is 124 Å². The summed E-state index contributed by atoms with van der Waals surface area (Å²) in [6.45, 7) is 0. The number of nitrogens with zero attached hydrogens (tertiary/aromatic N) is 2. The van der Waals surface area contributed by atoms with Gasteiger partial charge >= 0.3 is 0 Å². The first-order valence-corrected chi connectivity index (χ1v) is 11.4. The van der Waals surface area contributed by atoms with Crippen molar-refractivity contribution in [1.82, 2.24) is 9.55 Å². The molecule has 3 nitrogen and oxygen atoms in total. The van der Waals surface area contributed by atoms with Crippen molar-refractivity contribution in [2.24, 2.45) is 0 Å². The van der Waals surface area contributed by atoms with Crippen LogP contribution in [0.5, 0.6) is 0 Å². The highest BCUT2D eigenvalue weighted by molar-refractivity contribution is 5.93. The van der Waals surface area contributed by atoms with Gasteiger partial charge < -0.3 is 5.32 Å². The number of aromatic nitrogens is 2. The molecule has 0 aliphatic heterocycles. The number of benzene rings is 5. The Hall–Kier alpha value is -4.63. The molecule has 1 heterocycles. The van der Waals surface area contributed by atoms with Crippen LogP contribution in [0.3, 0.4) is 0 Å². The third-order valence-electron chi connectivity index (χ3n) is 6.08. The Kier molecular flexibility index (Phi) is 5.13. The van der Waals surface area contributed by atoms with Crippen LogP contribution in [0.2, 0.25) is 0 Å². The third-order valence-corrected chi connectivity index (χ3v) is 6.08. The van der Waals surface area contributed by atoms with E-state index in [9.17, 15) is 0 Å². The van der Waals surface area contributed by atoms with Gasteiger partial charge in [0, 0.05) is 22.5 Å². The predicted molar refractivity (Wildman–Crippen MR) is 142 cm³/mol. The van der Waals surface area contributed by atoms with E-state index in [1.807, 2.05) is 24.5 Å². The number of anilines is 2. The molecule has 5 aromatic carbocycles. The molecule has 0 fully saturated rings. The van der Waals surface area contributed by atoms with Gasteiger partial charge in [-0.1, -0.05) is 97.1 Å². The zero-order valence-electron chi connectivity index (χ0n) is 18.6. The van der Waals surface area contributed by atoms with E-state index in [0.29, 0.717) is 0 Å². The lowest BCUT2D eigenvalue weighted by Crippen LogP contribution is -1.98. The Morgan fingerprint density at radius 1 is 0.559 bits per heavy atom. The summed E-state index contributed by atoms with van der Waals surface area (Å²) >= 11 is 0. The minimum atomic E-state index is 0.988. The first kappa shape index (κ1) is 20.0. The van der Waals surface area contributed by atoms with E-state index in [1.165, 1.54) is 22.3 Å². The second-order valence-electron chi connectivity index (χ2n) is 8.24. The lowest BCUT2D eigenvalue weighted by atomic mass is 9.95. The van der Waals surface area contributed by atoms with Crippen molar-refractivity contribution in [3.63, 3.8) is 0 Å². The smallest absolute Gasteiger partial charge is 0.100 e. The molecule has 162 valence electrons. The van der Waals surface area contributed by atoms with Crippen LogP contribution in [-0.4, -0.2) is 9.55 Å². The molecule has 0 aliphatic carbocycles. The summed E-state index contributed by atoms with van der Waals surface area (Å²) in [5.74, 6) is 0. The molecule has 6 aromatic rings. The van der Waals surface area contributed by atoms with Gasteiger partial charge in [-0.05, 0) is 41.5 Å². The van der Waals surface area contributed by atoms with Gasteiger partial charge in [-0.3, -0.25) is 4.57 Å². The molecule has 0 aliphatic rings. The van der Waals surface area contributed by atoms with Crippen molar-refractivity contribution >= 4 is 22.4 Å². The number of fused-ring (bicyclic) bond motifs is 1. The molecule has 1 N–H and O–H groups in total. The topological polar surface area (TPSA) is 29.9 Å². The molecule has 0 unspecified atom stereocenters. The van der Waals surface area contributed by atoms with Gasteiger partial charge in [0.1, 0.15) is 6.33 Å². The quantitative estimate of drug-likeness (QED) is 0.295. The van der Waals surface area contributed by atoms with E-state index in [4.69, 9.17) is 0 Å². The van der Waals surface area contributed by atoms with Crippen LogP contribution in [0.1, 0.15) is 0 Å². The second-order valence-corrected chi connectivity index (χ2v) is 8.24. The van der Waals surface area contributed by atoms with Gasteiger partial charge in [-0.15, -0.1) is 0 Å². The number of rotatable bonds is 5. The maximum absolute atomic E-state index is 4.56. The Morgan fingerprint density at radius 3 is 1.88 bits per heavy atom. The van der Waals surface area contributed by atoms with Gasteiger partial charge in [0.05, 0.1) is 16.7 Å². The number of hydrogen-bond donors (Lipinski definition) is 1. The lowest BCUT2D eigenvalue weighted by Gasteiger charge is -2.18. The van der Waals surface area contributed by atoms with Crippen LogP contribution in [-0.2, 0) is 0 Å². The van der Waals surface area contributed by atoms with Crippen molar-refractivity contribution < 1.29 is 0 Å². The van der Waals surface area contributed by atoms with E-state index in [0.717, 1.165) is 28.1 Å². The minimum absolute atomic E-state index is 0.988. The Morgan fingerprint density at radius 2 is 1.18 bits per heavy atom. The summed E-state index contributed by atoms with van der Waals surface area (Å²) in [5, 5.41) is 3.75. The maximum Gasteiger partial charge on any atom is 0.100 e. The fraction of sp³-hybridized carbons (Fsp3) is 0. The molecule has 0 amide bonds. The van der Waals surface area contributed by atoms with Crippen LogP contribution < -0.4 is 5.32 Å². The van der Waals surface area contributed by atoms with Crippen molar-refractivity contribution in [2.45, 2.75) is 0 Å². The zero-order chi connectivity index (χ0) is 22.7. The number of nitrogens with one attached hydrogen (secondary N) is 1. The molecule has 3 heteroatoms. The Balaban J connectivity index is 1.47. The second kappa shape index (κ2) is 8.72. The number of imidazole rings is 1. The standard InChI is InChI=1S/C31H23N3/c1-3-11-23(12-4-1)27-17-10-18-28(24-13-5-2-6-14-24)31(27)33-25-15-9-16-26(21-25)34-22-32-29-19-7-8-20-30(29)34/h1-22,33H. The van der Waals surface area contributed by atoms with Gasteiger partial charge in [0.15, 0.2) is 0 Å². The molecule has 0 atom stereocenters. The van der Waals surface area contributed by atoms with Crippen LogP contribution in [0.15, 0.2) is 134 Å². The summed E-state index contributed by atoms with van der Waals surface area (Å²) in [6.07, 6.45) is 1.89. The third kappa shape index (κ3) is 3.74. The molecule has 0 saturated carbocycles. The zero-order valence-corrected chi connectivity index (χ0v) is 18.6.